The summed E-state index contributed by atoms with van der Waals surface area (Å²) in [6.45, 7) is 3.86. The molecule has 22 heavy (non-hydrogen) atoms. The van der Waals surface area contributed by atoms with E-state index in [1.54, 1.807) is 18.6 Å². The van der Waals surface area contributed by atoms with Crippen LogP contribution in [0.15, 0.2) is 43.0 Å². The maximum Gasteiger partial charge on any atom is 0.132 e. The van der Waals surface area contributed by atoms with E-state index >= 15 is 0 Å². The van der Waals surface area contributed by atoms with Gasteiger partial charge in [-0.25, -0.2) is 4.98 Å². The lowest BCUT2D eigenvalue weighted by molar-refractivity contribution is 0.965. The molecule has 3 rings (SSSR count). The highest BCUT2D eigenvalue weighted by atomic mass is 35.5. The van der Waals surface area contributed by atoms with Crippen LogP contribution in [0.25, 0.3) is 5.69 Å². The Morgan fingerprint density at radius 2 is 2.00 bits per heavy atom. The molecule has 3 aromatic rings. The van der Waals surface area contributed by atoms with Crippen LogP contribution in [-0.4, -0.2) is 19.5 Å². The first-order chi connectivity index (χ1) is 10.6. The van der Waals surface area contributed by atoms with Gasteiger partial charge in [0.1, 0.15) is 11.5 Å². The van der Waals surface area contributed by atoms with Crippen molar-refractivity contribution in [1.82, 2.24) is 19.5 Å². The summed E-state index contributed by atoms with van der Waals surface area (Å²) in [7, 11) is 0. The summed E-state index contributed by atoms with van der Waals surface area (Å²) in [5.41, 5.74) is 3.43. The highest BCUT2D eigenvalue weighted by molar-refractivity contribution is 6.30. The van der Waals surface area contributed by atoms with Gasteiger partial charge < -0.3 is 4.57 Å². The molecule has 0 N–H and O–H groups in total. The molecule has 0 aliphatic heterocycles. The van der Waals surface area contributed by atoms with E-state index in [1.165, 1.54) is 0 Å². The van der Waals surface area contributed by atoms with Gasteiger partial charge >= 0.3 is 0 Å². The van der Waals surface area contributed by atoms with Crippen LogP contribution in [0.5, 0.6) is 0 Å². The second-order valence-electron chi connectivity index (χ2n) is 4.84. The number of aromatic nitrogens is 4. The number of hydrogen-bond donors (Lipinski definition) is 0. The van der Waals surface area contributed by atoms with Crippen molar-refractivity contribution < 1.29 is 0 Å². The molecule has 0 radical (unpaired) electrons. The Morgan fingerprint density at radius 3 is 2.77 bits per heavy atom. The van der Waals surface area contributed by atoms with E-state index in [4.69, 9.17) is 11.6 Å². The number of aryl methyl sites for hydroxylation is 2. The maximum absolute atomic E-state index is 5.98. The summed E-state index contributed by atoms with van der Waals surface area (Å²) >= 11 is 5.98. The molecule has 0 aliphatic rings. The Bertz CT molecular complexity index is 887. The fourth-order valence-electron chi connectivity index (χ4n) is 2.09. The van der Waals surface area contributed by atoms with Crippen LogP contribution in [0.2, 0.25) is 5.02 Å². The first kappa shape index (κ1) is 14.3. The standard InChI is InChI=1S/C17H13ClN4/c1-12-7-14(5-6-20-12)3-4-16-11-22(13(2)21-16)17-8-15(18)9-19-10-17/h5-11H,1-2H3. The third-order valence-electron chi connectivity index (χ3n) is 3.08. The minimum atomic E-state index is 0.588. The first-order valence-electron chi connectivity index (χ1n) is 6.73. The summed E-state index contributed by atoms with van der Waals surface area (Å²) in [5, 5.41) is 0.588. The minimum absolute atomic E-state index is 0.588. The van der Waals surface area contributed by atoms with Crippen molar-refractivity contribution in [3.63, 3.8) is 0 Å². The minimum Gasteiger partial charge on any atom is -0.301 e. The lowest BCUT2D eigenvalue weighted by Crippen LogP contribution is -1.95. The number of imidazole rings is 1. The van der Waals surface area contributed by atoms with Crippen LogP contribution in [-0.2, 0) is 0 Å². The van der Waals surface area contributed by atoms with E-state index in [1.807, 2.05) is 42.8 Å². The fourth-order valence-corrected chi connectivity index (χ4v) is 2.25. The molecule has 0 bridgehead atoms. The van der Waals surface area contributed by atoms with Crippen molar-refractivity contribution in [2.24, 2.45) is 0 Å². The third-order valence-corrected chi connectivity index (χ3v) is 3.29. The van der Waals surface area contributed by atoms with Crippen LogP contribution >= 0.6 is 11.6 Å². The second-order valence-corrected chi connectivity index (χ2v) is 5.28. The van der Waals surface area contributed by atoms with Gasteiger partial charge in [-0.1, -0.05) is 17.5 Å². The van der Waals surface area contributed by atoms with E-state index in [9.17, 15) is 0 Å². The summed E-state index contributed by atoms with van der Waals surface area (Å²) < 4.78 is 1.92. The van der Waals surface area contributed by atoms with Crippen LogP contribution in [0, 0.1) is 25.7 Å². The van der Waals surface area contributed by atoms with Crippen LogP contribution < -0.4 is 0 Å². The lowest BCUT2D eigenvalue weighted by Gasteiger charge is -2.03. The number of rotatable bonds is 1. The van der Waals surface area contributed by atoms with Gasteiger partial charge in [0.25, 0.3) is 0 Å². The van der Waals surface area contributed by atoms with Crippen molar-refractivity contribution in [3.8, 4) is 17.5 Å². The first-order valence-corrected chi connectivity index (χ1v) is 7.11. The number of pyridine rings is 2. The van der Waals surface area contributed by atoms with Gasteiger partial charge in [-0.05, 0) is 38.0 Å². The highest BCUT2D eigenvalue weighted by Crippen LogP contribution is 2.15. The Balaban J connectivity index is 1.93. The number of nitrogens with zero attached hydrogens (tertiary/aromatic N) is 4. The topological polar surface area (TPSA) is 43.6 Å². The zero-order valence-corrected chi connectivity index (χ0v) is 13.0. The molecule has 0 aromatic carbocycles. The average molecular weight is 309 g/mol. The van der Waals surface area contributed by atoms with Gasteiger partial charge in [0.2, 0.25) is 0 Å². The summed E-state index contributed by atoms with van der Waals surface area (Å²) in [6, 6.07) is 5.66. The quantitative estimate of drug-likeness (QED) is 0.648. The van der Waals surface area contributed by atoms with Gasteiger partial charge in [0, 0.05) is 29.8 Å². The molecule has 3 heterocycles. The Hall–Kier alpha value is -2.64. The number of halogens is 1. The lowest BCUT2D eigenvalue weighted by atomic mass is 10.2. The molecule has 0 amide bonds. The summed E-state index contributed by atoms with van der Waals surface area (Å²) in [6.07, 6.45) is 6.97. The fraction of sp³-hybridized carbons (Fsp3) is 0.118. The maximum atomic E-state index is 5.98. The molecule has 0 unspecified atom stereocenters. The van der Waals surface area contributed by atoms with E-state index in [0.29, 0.717) is 10.7 Å². The molecule has 0 saturated carbocycles. The van der Waals surface area contributed by atoms with E-state index in [-0.39, 0.29) is 0 Å². The smallest absolute Gasteiger partial charge is 0.132 e. The van der Waals surface area contributed by atoms with Crippen LogP contribution in [0.1, 0.15) is 22.8 Å². The second kappa shape index (κ2) is 6.00. The molecule has 5 heteroatoms. The van der Waals surface area contributed by atoms with Crippen molar-refractivity contribution >= 4 is 11.6 Å². The van der Waals surface area contributed by atoms with Crippen LogP contribution in [0.4, 0.5) is 0 Å². The SMILES string of the molecule is Cc1cc(C#Cc2cn(-c3cncc(Cl)c3)c(C)n2)ccn1. The molecule has 0 saturated heterocycles. The largest absolute Gasteiger partial charge is 0.301 e. The average Bonchev–Trinajstić information content (AvgIpc) is 2.86. The van der Waals surface area contributed by atoms with Gasteiger partial charge in [0.15, 0.2) is 0 Å². The molecular weight excluding hydrogens is 296 g/mol. The van der Waals surface area contributed by atoms with Crippen molar-refractivity contribution in [2.75, 3.05) is 0 Å². The van der Waals surface area contributed by atoms with Gasteiger partial charge in [-0.15, -0.1) is 0 Å². The van der Waals surface area contributed by atoms with Gasteiger partial charge in [-0.2, -0.15) is 0 Å². The molecular formula is C17H13ClN4. The summed E-state index contributed by atoms with van der Waals surface area (Å²) in [4.78, 5) is 12.7. The molecule has 108 valence electrons. The predicted octanol–water partition coefficient (Wildman–Crippen LogP) is 3.33. The normalized spacial score (nSPS) is 10.1. The van der Waals surface area contributed by atoms with Crippen molar-refractivity contribution in [1.29, 1.82) is 0 Å². The molecule has 0 aliphatic carbocycles. The third kappa shape index (κ3) is 3.16. The molecule has 3 aromatic heterocycles. The molecule has 0 atom stereocenters. The van der Waals surface area contributed by atoms with Gasteiger partial charge in [0.05, 0.1) is 16.9 Å². The monoisotopic (exact) mass is 308 g/mol. The highest BCUT2D eigenvalue weighted by Gasteiger charge is 2.05. The zero-order valence-electron chi connectivity index (χ0n) is 12.2. The zero-order chi connectivity index (χ0) is 15.5. The van der Waals surface area contributed by atoms with Crippen molar-refractivity contribution in [3.05, 3.63) is 70.8 Å². The van der Waals surface area contributed by atoms with Crippen molar-refractivity contribution in [2.45, 2.75) is 13.8 Å². The van der Waals surface area contributed by atoms with E-state index in [0.717, 1.165) is 22.8 Å². The predicted molar refractivity (Wildman–Crippen MR) is 86.1 cm³/mol. The van der Waals surface area contributed by atoms with E-state index < -0.39 is 0 Å². The van der Waals surface area contributed by atoms with Crippen LogP contribution in [0.3, 0.4) is 0 Å². The molecule has 4 nitrogen and oxygen atoms in total. The molecule has 0 fully saturated rings. The Kier molecular flexibility index (Phi) is 3.90. The number of hydrogen-bond acceptors (Lipinski definition) is 3. The molecule has 0 spiro atoms. The Labute approximate surface area is 133 Å². The summed E-state index contributed by atoms with van der Waals surface area (Å²) in [5.74, 6) is 7.00. The Morgan fingerprint density at radius 1 is 1.14 bits per heavy atom. The van der Waals surface area contributed by atoms with Gasteiger partial charge in [-0.3, -0.25) is 9.97 Å². The van der Waals surface area contributed by atoms with E-state index in [2.05, 4.69) is 26.8 Å².